The number of benzene rings is 1. The number of aliphatic hydroxyl groups excluding tert-OH is 1. The van der Waals surface area contributed by atoms with Crippen LogP contribution in [0.4, 0.5) is 19.0 Å². The highest BCUT2D eigenvalue weighted by Gasteiger charge is 2.31. The maximum atomic E-state index is 12.9. The highest BCUT2D eigenvalue weighted by atomic mass is 19.4. The van der Waals surface area contributed by atoms with Crippen molar-refractivity contribution in [3.8, 4) is 11.6 Å². The summed E-state index contributed by atoms with van der Waals surface area (Å²) in [5.74, 6) is 0.620. The van der Waals surface area contributed by atoms with Gasteiger partial charge in [0.05, 0.1) is 28.3 Å². The van der Waals surface area contributed by atoms with E-state index in [0.717, 1.165) is 12.1 Å². The normalized spacial score (nSPS) is 14.1. The van der Waals surface area contributed by atoms with Gasteiger partial charge in [-0.25, -0.2) is 15.0 Å². The van der Waals surface area contributed by atoms with E-state index in [1.165, 1.54) is 12.4 Å². The molecule has 2 atom stereocenters. The number of alkyl halides is 3. The molecular weight excluding hydrogens is 429 g/mol. The van der Waals surface area contributed by atoms with Gasteiger partial charge in [0.25, 0.3) is 0 Å². The molecule has 0 aliphatic carbocycles. The molecule has 10 nitrogen and oxygen atoms in total. The Bertz CT molecular complexity index is 1250. The predicted molar refractivity (Wildman–Crippen MR) is 107 cm³/mol. The Labute approximate surface area is 178 Å². The first-order valence-electron chi connectivity index (χ1n) is 9.44. The maximum absolute atomic E-state index is 12.9. The Hall–Kier alpha value is -3.55. The highest BCUT2D eigenvalue weighted by Crippen LogP contribution is 2.32. The fourth-order valence-corrected chi connectivity index (χ4v) is 3.19. The van der Waals surface area contributed by atoms with Gasteiger partial charge in [0.2, 0.25) is 5.76 Å². The van der Waals surface area contributed by atoms with Crippen LogP contribution in [-0.2, 0) is 12.7 Å². The zero-order chi connectivity index (χ0) is 23.0. The Kier molecular flexibility index (Phi) is 5.54. The van der Waals surface area contributed by atoms with Crippen molar-refractivity contribution in [3.05, 3.63) is 53.1 Å². The lowest BCUT2D eigenvalue weighted by molar-refractivity contribution is -0.137. The van der Waals surface area contributed by atoms with Gasteiger partial charge in [0.1, 0.15) is 24.1 Å². The molecule has 0 saturated carbocycles. The molecule has 4 rings (SSSR count). The van der Waals surface area contributed by atoms with Gasteiger partial charge in [0.15, 0.2) is 5.82 Å². The van der Waals surface area contributed by atoms with E-state index in [-0.39, 0.29) is 35.2 Å². The van der Waals surface area contributed by atoms with Crippen LogP contribution < -0.4 is 16.8 Å². The number of nitrogens with one attached hydrogen (secondary N) is 2. The van der Waals surface area contributed by atoms with Gasteiger partial charge in [-0.3, -0.25) is 5.32 Å². The number of aromatic nitrogens is 5. The second-order valence-corrected chi connectivity index (χ2v) is 7.05. The molecule has 0 bridgehead atoms. The fourth-order valence-electron chi connectivity index (χ4n) is 3.19. The van der Waals surface area contributed by atoms with Crippen molar-refractivity contribution < 1.29 is 22.8 Å². The van der Waals surface area contributed by atoms with Gasteiger partial charge in [0, 0.05) is 18.2 Å². The highest BCUT2D eigenvalue weighted by molar-refractivity contribution is 5.79. The van der Waals surface area contributed by atoms with Gasteiger partial charge in [-0.2, -0.15) is 13.2 Å². The van der Waals surface area contributed by atoms with E-state index in [1.807, 2.05) is 0 Å². The van der Waals surface area contributed by atoms with Gasteiger partial charge in [-0.1, -0.05) is 5.16 Å². The van der Waals surface area contributed by atoms with Gasteiger partial charge in [-0.15, -0.1) is 0 Å². The molecule has 0 aliphatic rings. The number of imidazole rings is 1. The monoisotopic (exact) mass is 448 g/mol. The van der Waals surface area contributed by atoms with Crippen LogP contribution in [-0.4, -0.2) is 30.2 Å². The van der Waals surface area contributed by atoms with Crippen LogP contribution in [0.3, 0.4) is 0 Å². The molecule has 1 unspecified atom stereocenters. The molecule has 0 spiro atoms. The van der Waals surface area contributed by atoms with Crippen molar-refractivity contribution in [2.24, 2.45) is 5.73 Å². The summed E-state index contributed by atoms with van der Waals surface area (Å²) < 4.78 is 44.1. The minimum atomic E-state index is -4.46. The summed E-state index contributed by atoms with van der Waals surface area (Å²) in [5, 5.41) is 17.4. The molecule has 4 aromatic rings. The number of halogens is 3. The van der Waals surface area contributed by atoms with Crippen molar-refractivity contribution in [2.75, 3.05) is 5.73 Å². The molecule has 1 aromatic carbocycles. The molecule has 0 amide bonds. The molecule has 3 aromatic heterocycles. The molecule has 13 heteroatoms. The van der Waals surface area contributed by atoms with E-state index in [2.05, 4.69) is 30.4 Å². The fraction of sp³-hybridized carbons (Fsp3) is 0.263. The zero-order valence-corrected chi connectivity index (χ0v) is 16.7. The lowest BCUT2D eigenvalue weighted by Gasteiger charge is -2.19. The summed E-state index contributed by atoms with van der Waals surface area (Å²) in [6, 6.07) is 4.28. The number of H-pyrrole nitrogens is 1. The number of nitrogens with two attached hydrogens (primary N) is 2. The Morgan fingerprint density at radius 2 is 2.03 bits per heavy atom. The van der Waals surface area contributed by atoms with E-state index in [9.17, 15) is 18.3 Å². The van der Waals surface area contributed by atoms with Crippen molar-refractivity contribution in [3.63, 3.8) is 0 Å². The number of hydrogen-bond donors (Lipinski definition) is 5. The summed E-state index contributed by atoms with van der Waals surface area (Å²) >= 11 is 0. The van der Waals surface area contributed by atoms with Crippen molar-refractivity contribution >= 4 is 16.9 Å². The minimum absolute atomic E-state index is 0.0470. The summed E-state index contributed by atoms with van der Waals surface area (Å²) in [7, 11) is 0. The zero-order valence-electron chi connectivity index (χ0n) is 16.7. The third kappa shape index (κ3) is 4.12. The SMILES string of the molecule is C[C@H](NC(O)c1ncnc(N)c1CN)c1cc(-c2nc3ccc(C(F)(F)F)cc3[nH]2)on1. The van der Waals surface area contributed by atoms with E-state index < -0.39 is 24.0 Å². The lowest BCUT2D eigenvalue weighted by atomic mass is 10.1. The third-order valence-corrected chi connectivity index (χ3v) is 4.90. The molecule has 0 saturated heterocycles. The second kappa shape index (κ2) is 8.18. The van der Waals surface area contributed by atoms with Gasteiger partial charge in [-0.05, 0) is 25.1 Å². The number of aliphatic hydroxyl groups is 1. The van der Waals surface area contributed by atoms with E-state index >= 15 is 0 Å². The van der Waals surface area contributed by atoms with E-state index in [0.29, 0.717) is 16.8 Å². The quantitative estimate of drug-likeness (QED) is 0.279. The third-order valence-electron chi connectivity index (χ3n) is 4.90. The predicted octanol–water partition coefficient (Wildman–Crippen LogP) is 2.41. The van der Waals surface area contributed by atoms with Crippen molar-refractivity contribution in [1.29, 1.82) is 0 Å². The Balaban J connectivity index is 1.54. The van der Waals surface area contributed by atoms with E-state index in [1.54, 1.807) is 13.0 Å². The Morgan fingerprint density at radius 1 is 1.25 bits per heavy atom. The number of nitrogen functional groups attached to an aromatic ring is 1. The summed E-state index contributed by atoms with van der Waals surface area (Å²) in [6.45, 7) is 1.77. The molecule has 0 aliphatic heterocycles. The summed E-state index contributed by atoms with van der Waals surface area (Å²) in [5.41, 5.74) is 12.3. The average molecular weight is 448 g/mol. The van der Waals surface area contributed by atoms with Crippen LogP contribution >= 0.6 is 0 Å². The molecule has 7 N–H and O–H groups in total. The number of aromatic amines is 1. The first kappa shape index (κ1) is 21.7. The summed E-state index contributed by atoms with van der Waals surface area (Å²) in [6.07, 6.45) is -4.45. The topological polar surface area (TPSA) is 165 Å². The standard InChI is InChI=1S/C19H19F3N8O2/c1-8(27-18(31)15-10(6-23)16(24)26-7-25-15)12-5-14(32-30-12)17-28-11-3-2-9(19(20,21)22)4-13(11)29-17/h2-5,7-8,18,27,31H,6,23H2,1H3,(H,28,29)(H2,24,25,26)/t8-,18?/m0/s1. The summed E-state index contributed by atoms with van der Waals surface area (Å²) in [4.78, 5) is 14.9. The van der Waals surface area contributed by atoms with Crippen LogP contribution in [0, 0.1) is 0 Å². The number of nitrogens with zero attached hydrogens (tertiary/aromatic N) is 4. The molecule has 3 heterocycles. The average Bonchev–Trinajstić information content (AvgIpc) is 3.39. The number of rotatable bonds is 6. The van der Waals surface area contributed by atoms with Gasteiger partial charge >= 0.3 is 6.18 Å². The van der Waals surface area contributed by atoms with Crippen molar-refractivity contribution in [2.45, 2.75) is 31.9 Å². The van der Waals surface area contributed by atoms with Crippen molar-refractivity contribution in [1.82, 2.24) is 30.4 Å². The number of fused-ring (bicyclic) bond motifs is 1. The van der Waals surface area contributed by atoms with Gasteiger partial charge < -0.3 is 26.1 Å². The molecule has 168 valence electrons. The smallest absolute Gasteiger partial charge is 0.383 e. The molecule has 0 radical (unpaired) electrons. The lowest BCUT2D eigenvalue weighted by Crippen LogP contribution is -2.27. The van der Waals surface area contributed by atoms with Crippen LogP contribution in [0.1, 0.15) is 41.7 Å². The second-order valence-electron chi connectivity index (χ2n) is 7.05. The van der Waals surface area contributed by atoms with Crippen LogP contribution in [0.25, 0.3) is 22.6 Å². The molecule has 0 fully saturated rings. The maximum Gasteiger partial charge on any atom is 0.416 e. The first-order chi connectivity index (χ1) is 15.2. The van der Waals surface area contributed by atoms with E-state index in [4.69, 9.17) is 16.0 Å². The molecule has 32 heavy (non-hydrogen) atoms. The Morgan fingerprint density at radius 3 is 2.75 bits per heavy atom. The number of anilines is 1. The largest absolute Gasteiger partial charge is 0.416 e. The van der Waals surface area contributed by atoms with Crippen LogP contribution in [0.15, 0.2) is 35.1 Å². The first-order valence-corrected chi connectivity index (χ1v) is 9.44. The van der Waals surface area contributed by atoms with Crippen LogP contribution in [0.5, 0.6) is 0 Å². The number of hydrogen-bond acceptors (Lipinski definition) is 9. The minimum Gasteiger partial charge on any atom is -0.383 e. The van der Waals surface area contributed by atoms with Crippen LogP contribution in [0.2, 0.25) is 0 Å². The molecular formula is C19H19F3N8O2.